The van der Waals surface area contributed by atoms with Gasteiger partial charge in [-0.15, -0.1) is 11.3 Å². The van der Waals surface area contributed by atoms with E-state index in [1.54, 1.807) is 0 Å². The van der Waals surface area contributed by atoms with Gasteiger partial charge in [0.05, 0.1) is 11.3 Å². The van der Waals surface area contributed by atoms with Crippen molar-refractivity contribution in [2.45, 2.75) is 0 Å². The van der Waals surface area contributed by atoms with Crippen LogP contribution in [0.2, 0.25) is 0 Å². The van der Waals surface area contributed by atoms with Gasteiger partial charge in [0.15, 0.2) is 11.7 Å². The van der Waals surface area contributed by atoms with Gasteiger partial charge < -0.3 is 4.74 Å². The molecule has 1 heterocycles. The molecule has 3 rings (SSSR count). The summed E-state index contributed by atoms with van der Waals surface area (Å²) in [5, 5.41) is 4.81. The second kappa shape index (κ2) is 8.20. The molecule has 5 nitrogen and oxygen atoms in total. The highest BCUT2D eigenvalue weighted by atomic mass is 79.9. The lowest BCUT2D eigenvalue weighted by Crippen LogP contribution is -2.20. The number of benzene rings is 2. The van der Waals surface area contributed by atoms with E-state index < -0.39 is 24.3 Å². The summed E-state index contributed by atoms with van der Waals surface area (Å²) >= 11 is 4.67. The molecule has 2 aromatic carbocycles. The average molecular weight is 435 g/mol. The molecule has 0 fully saturated rings. The van der Waals surface area contributed by atoms with E-state index >= 15 is 0 Å². The van der Waals surface area contributed by atoms with Gasteiger partial charge in [-0.05, 0) is 36.4 Å². The molecule has 26 heavy (non-hydrogen) atoms. The minimum Gasteiger partial charge on any atom is -0.452 e. The van der Waals surface area contributed by atoms with Crippen LogP contribution in [0, 0.1) is 5.82 Å². The van der Waals surface area contributed by atoms with Gasteiger partial charge in [-0.1, -0.05) is 28.1 Å². The van der Waals surface area contributed by atoms with Gasteiger partial charge in [-0.3, -0.25) is 10.1 Å². The number of amides is 1. The quantitative estimate of drug-likeness (QED) is 0.599. The molecule has 0 atom stereocenters. The third kappa shape index (κ3) is 4.74. The Labute approximate surface area is 161 Å². The van der Waals surface area contributed by atoms with Crippen LogP contribution in [0.5, 0.6) is 0 Å². The molecule has 0 spiro atoms. The Morgan fingerprint density at radius 3 is 2.69 bits per heavy atom. The predicted octanol–water partition coefficient (Wildman–Crippen LogP) is 4.51. The van der Waals surface area contributed by atoms with Crippen LogP contribution < -0.4 is 5.32 Å². The summed E-state index contributed by atoms with van der Waals surface area (Å²) in [6.07, 6.45) is 0. The normalized spacial score (nSPS) is 10.4. The van der Waals surface area contributed by atoms with Crippen molar-refractivity contribution >= 4 is 44.3 Å². The van der Waals surface area contributed by atoms with Gasteiger partial charge in [0.1, 0.15) is 5.82 Å². The molecule has 0 saturated heterocycles. The second-order valence-corrected chi connectivity index (χ2v) is 6.95. The van der Waals surface area contributed by atoms with Crippen LogP contribution in [0.25, 0.3) is 11.3 Å². The summed E-state index contributed by atoms with van der Waals surface area (Å²) in [6, 6.07) is 12.5. The number of halogens is 2. The first-order valence-electron chi connectivity index (χ1n) is 7.45. The SMILES string of the molecule is O=C(COC(=O)c1ccc(F)cc1)Nc1nc(-c2cccc(Br)c2)cs1. The number of thiazole rings is 1. The fourth-order valence-corrected chi connectivity index (χ4v) is 3.20. The maximum absolute atomic E-state index is 12.8. The molecule has 3 aromatic rings. The van der Waals surface area contributed by atoms with Crippen LogP contribution in [0.15, 0.2) is 58.4 Å². The Kier molecular flexibility index (Phi) is 5.75. The van der Waals surface area contributed by atoms with Gasteiger partial charge in [-0.25, -0.2) is 14.2 Å². The van der Waals surface area contributed by atoms with Gasteiger partial charge in [0, 0.05) is 15.4 Å². The average Bonchev–Trinajstić information content (AvgIpc) is 3.09. The first-order chi connectivity index (χ1) is 12.5. The number of aromatic nitrogens is 1. The van der Waals surface area contributed by atoms with Crippen molar-refractivity contribution in [2.75, 3.05) is 11.9 Å². The Balaban J connectivity index is 1.55. The number of carbonyl (C=O) groups is 2. The molecule has 0 saturated carbocycles. The van der Waals surface area contributed by atoms with Gasteiger partial charge in [-0.2, -0.15) is 0 Å². The molecule has 0 aliphatic rings. The van der Waals surface area contributed by atoms with E-state index in [9.17, 15) is 14.0 Å². The standard InChI is InChI=1S/C18H12BrFN2O3S/c19-13-3-1-2-12(8-13)15-10-26-18(21-15)22-16(23)9-25-17(24)11-4-6-14(20)7-5-11/h1-8,10H,9H2,(H,21,22,23). The summed E-state index contributed by atoms with van der Waals surface area (Å²) < 4.78 is 18.7. The Morgan fingerprint density at radius 2 is 1.96 bits per heavy atom. The molecule has 0 unspecified atom stereocenters. The highest BCUT2D eigenvalue weighted by Gasteiger charge is 2.12. The zero-order chi connectivity index (χ0) is 18.5. The van der Waals surface area contributed by atoms with Crippen LogP contribution >= 0.6 is 27.3 Å². The topological polar surface area (TPSA) is 68.3 Å². The van der Waals surface area contributed by atoms with E-state index in [1.807, 2.05) is 29.6 Å². The minimum absolute atomic E-state index is 0.172. The molecule has 1 aromatic heterocycles. The Hall–Kier alpha value is -2.58. The lowest BCUT2D eigenvalue weighted by molar-refractivity contribution is -0.119. The van der Waals surface area contributed by atoms with Gasteiger partial charge in [0.2, 0.25) is 0 Å². The number of hydrogen-bond donors (Lipinski definition) is 1. The maximum atomic E-state index is 12.8. The van der Waals surface area contributed by atoms with Gasteiger partial charge >= 0.3 is 5.97 Å². The highest BCUT2D eigenvalue weighted by molar-refractivity contribution is 9.10. The first-order valence-corrected chi connectivity index (χ1v) is 9.12. The van der Waals surface area contributed by atoms with Crippen LogP contribution in [-0.4, -0.2) is 23.5 Å². The Bertz CT molecular complexity index is 944. The largest absolute Gasteiger partial charge is 0.452 e. The molecular formula is C18H12BrFN2O3S. The lowest BCUT2D eigenvalue weighted by Gasteiger charge is -2.04. The van der Waals surface area contributed by atoms with Crippen LogP contribution in [0.3, 0.4) is 0 Å². The summed E-state index contributed by atoms with van der Waals surface area (Å²) in [7, 11) is 0. The van der Waals surface area contributed by atoms with Crippen molar-refractivity contribution in [3.05, 3.63) is 69.8 Å². The minimum atomic E-state index is -0.700. The van der Waals surface area contributed by atoms with Crippen LogP contribution in [0.4, 0.5) is 9.52 Å². The van der Waals surface area contributed by atoms with Crippen LogP contribution in [0.1, 0.15) is 10.4 Å². The van der Waals surface area contributed by atoms with Crippen molar-refractivity contribution in [1.82, 2.24) is 4.98 Å². The van der Waals surface area contributed by atoms with Crippen molar-refractivity contribution < 1.29 is 18.7 Å². The van der Waals surface area contributed by atoms with Gasteiger partial charge in [0.25, 0.3) is 5.91 Å². The number of esters is 1. The number of anilines is 1. The number of carbonyl (C=O) groups excluding carboxylic acids is 2. The van der Waals surface area contributed by atoms with E-state index in [0.717, 1.165) is 27.9 Å². The number of nitrogens with one attached hydrogen (secondary N) is 1. The molecule has 0 radical (unpaired) electrons. The third-order valence-corrected chi connectivity index (χ3v) is 4.54. The van der Waals surface area contributed by atoms with E-state index in [2.05, 4.69) is 26.2 Å². The summed E-state index contributed by atoms with van der Waals surface area (Å²) in [5.41, 5.74) is 1.82. The van der Waals surface area contributed by atoms with Crippen molar-refractivity contribution in [1.29, 1.82) is 0 Å². The third-order valence-electron chi connectivity index (χ3n) is 3.29. The van der Waals surface area contributed by atoms with E-state index in [4.69, 9.17) is 4.74 Å². The zero-order valence-corrected chi connectivity index (χ0v) is 15.6. The lowest BCUT2D eigenvalue weighted by atomic mass is 10.2. The molecule has 0 aliphatic heterocycles. The monoisotopic (exact) mass is 434 g/mol. The molecular weight excluding hydrogens is 423 g/mol. The van der Waals surface area contributed by atoms with E-state index in [-0.39, 0.29) is 5.56 Å². The predicted molar refractivity (Wildman–Crippen MR) is 101 cm³/mol. The molecule has 0 bridgehead atoms. The number of rotatable bonds is 5. The fraction of sp³-hybridized carbons (Fsp3) is 0.0556. The maximum Gasteiger partial charge on any atom is 0.338 e. The highest BCUT2D eigenvalue weighted by Crippen LogP contribution is 2.26. The Morgan fingerprint density at radius 1 is 1.19 bits per heavy atom. The zero-order valence-electron chi connectivity index (χ0n) is 13.2. The number of hydrogen-bond acceptors (Lipinski definition) is 5. The smallest absolute Gasteiger partial charge is 0.338 e. The fourth-order valence-electron chi connectivity index (χ4n) is 2.07. The summed E-state index contributed by atoms with van der Waals surface area (Å²) in [4.78, 5) is 28.0. The summed E-state index contributed by atoms with van der Waals surface area (Å²) in [6.45, 7) is -0.456. The number of nitrogens with zero attached hydrogens (tertiary/aromatic N) is 1. The molecule has 8 heteroatoms. The van der Waals surface area contributed by atoms with E-state index in [0.29, 0.717) is 5.13 Å². The molecule has 1 N–H and O–H groups in total. The summed E-state index contributed by atoms with van der Waals surface area (Å²) in [5.74, 6) is -1.66. The molecule has 0 aliphatic carbocycles. The van der Waals surface area contributed by atoms with Crippen molar-refractivity contribution in [3.8, 4) is 11.3 Å². The van der Waals surface area contributed by atoms with Crippen LogP contribution in [-0.2, 0) is 9.53 Å². The molecule has 132 valence electrons. The van der Waals surface area contributed by atoms with Crippen molar-refractivity contribution in [2.24, 2.45) is 0 Å². The molecule has 1 amide bonds. The van der Waals surface area contributed by atoms with Crippen molar-refractivity contribution in [3.63, 3.8) is 0 Å². The van der Waals surface area contributed by atoms with E-state index in [1.165, 1.54) is 23.5 Å². The first kappa shape index (κ1) is 18.2. The number of ether oxygens (including phenoxy) is 1. The second-order valence-electron chi connectivity index (χ2n) is 5.18.